The van der Waals surface area contributed by atoms with Gasteiger partial charge in [0.15, 0.2) is 5.13 Å². The first-order valence-electron chi connectivity index (χ1n) is 13.0. The number of carbonyl (C=O) groups excluding carboxylic acids is 2. The molecule has 3 aromatic carbocycles. The van der Waals surface area contributed by atoms with Crippen LogP contribution < -0.4 is 10.2 Å². The molecule has 7 nitrogen and oxygen atoms in total. The average molecular weight is 543 g/mol. The van der Waals surface area contributed by atoms with Crippen LogP contribution in [0, 0.1) is 5.82 Å². The monoisotopic (exact) mass is 542 g/mol. The summed E-state index contributed by atoms with van der Waals surface area (Å²) in [6, 6.07) is 16.2. The fourth-order valence-electron chi connectivity index (χ4n) is 5.38. The SMILES string of the molecule is O=C(Nc1nccs1)[C@@H](c1cc(F)ccc1O)N1Cc2ccc(-c3ccc(N4CCCCC4)cc3)cc2C1=O. The lowest BCUT2D eigenvalue weighted by molar-refractivity contribution is -0.120. The number of thiazole rings is 1. The van der Waals surface area contributed by atoms with Gasteiger partial charge in [0, 0.05) is 48.0 Å². The van der Waals surface area contributed by atoms with Crippen LogP contribution in [0.5, 0.6) is 5.75 Å². The molecule has 0 saturated carbocycles. The zero-order valence-corrected chi connectivity index (χ0v) is 22.0. The van der Waals surface area contributed by atoms with Crippen LogP contribution in [0.4, 0.5) is 15.2 Å². The fourth-order valence-corrected chi connectivity index (χ4v) is 5.91. The predicted molar refractivity (Wildman–Crippen MR) is 149 cm³/mol. The lowest BCUT2D eigenvalue weighted by Gasteiger charge is -2.28. The van der Waals surface area contributed by atoms with Crippen LogP contribution in [-0.4, -0.2) is 39.9 Å². The van der Waals surface area contributed by atoms with Crippen LogP contribution in [-0.2, 0) is 11.3 Å². The second kappa shape index (κ2) is 10.5. The van der Waals surface area contributed by atoms with Gasteiger partial charge in [0.25, 0.3) is 11.8 Å². The van der Waals surface area contributed by atoms with Crippen molar-refractivity contribution >= 4 is 34.0 Å². The van der Waals surface area contributed by atoms with Crippen LogP contribution >= 0.6 is 11.3 Å². The lowest BCUT2D eigenvalue weighted by Crippen LogP contribution is -2.37. The maximum Gasteiger partial charge on any atom is 0.255 e. The van der Waals surface area contributed by atoms with E-state index in [1.165, 1.54) is 47.3 Å². The zero-order valence-electron chi connectivity index (χ0n) is 21.1. The Labute approximate surface area is 229 Å². The minimum absolute atomic E-state index is 0.0127. The number of nitrogens with one attached hydrogen (secondary N) is 1. The molecular formula is C30H27FN4O3S. The summed E-state index contributed by atoms with van der Waals surface area (Å²) in [5.41, 5.74) is 4.34. The van der Waals surface area contributed by atoms with Crippen molar-refractivity contribution in [1.29, 1.82) is 0 Å². The number of anilines is 2. The van der Waals surface area contributed by atoms with E-state index in [-0.39, 0.29) is 23.8 Å². The summed E-state index contributed by atoms with van der Waals surface area (Å²) >= 11 is 1.23. The molecule has 0 bridgehead atoms. The minimum atomic E-state index is -1.25. The van der Waals surface area contributed by atoms with E-state index in [0.29, 0.717) is 10.7 Å². The highest BCUT2D eigenvalue weighted by molar-refractivity contribution is 7.13. The zero-order chi connectivity index (χ0) is 26.9. The van der Waals surface area contributed by atoms with Crippen LogP contribution in [0.1, 0.15) is 46.8 Å². The highest BCUT2D eigenvalue weighted by atomic mass is 32.1. The number of amides is 2. The van der Waals surface area contributed by atoms with Gasteiger partial charge in [0.1, 0.15) is 17.6 Å². The molecular weight excluding hydrogens is 515 g/mol. The van der Waals surface area contributed by atoms with Crippen LogP contribution in [0.15, 0.2) is 72.2 Å². The van der Waals surface area contributed by atoms with E-state index in [1.807, 2.05) is 18.2 Å². The maximum atomic E-state index is 14.2. The molecule has 1 saturated heterocycles. The predicted octanol–water partition coefficient (Wildman–Crippen LogP) is 5.98. The van der Waals surface area contributed by atoms with E-state index in [4.69, 9.17) is 0 Å². The summed E-state index contributed by atoms with van der Waals surface area (Å²) in [4.78, 5) is 35.0. The summed E-state index contributed by atoms with van der Waals surface area (Å²) < 4.78 is 14.2. The van der Waals surface area contributed by atoms with Gasteiger partial charge in [-0.05, 0) is 72.4 Å². The number of rotatable bonds is 6. The van der Waals surface area contributed by atoms with Crippen molar-refractivity contribution < 1.29 is 19.1 Å². The Bertz CT molecular complexity index is 1520. The molecule has 2 N–H and O–H groups in total. The number of aromatic hydroxyl groups is 1. The third kappa shape index (κ3) is 4.97. The van der Waals surface area contributed by atoms with E-state index in [2.05, 4.69) is 39.5 Å². The van der Waals surface area contributed by atoms with Gasteiger partial charge in [-0.2, -0.15) is 0 Å². The molecule has 0 aliphatic carbocycles. The summed E-state index contributed by atoms with van der Waals surface area (Å²) in [5.74, 6) is -1.83. The molecule has 1 aromatic heterocycles. The molecule has 9 heteroatoms. The first kappa shape index (κ1) is 25.1. The van der Waals surface area contributed by atoms with Gasteiger partial charge in [-0.25, -0.2) is 9.37 Å². The van der Waals surface area contributed by atoms with Crippen molar-refractivity contribution in [2.75, 3.05) is 23.3 Å². The second-order valence-corrected chi connectivity index (χ2v) is 10.7. The van der Waals surface area contributed by atoms with E-state index in [1.54, 1.807) is 11.6 Å². The Hall–Kier alpha value is -4.24. The molecule has 3 heterocycles. The van der Waals surface area contributed by atoms with E-state index < -0.39 is 17.8 Å². The number of phenols is 1. The Morgan fingerprint density at radius 2 is 1.77 bits per heavy atom. The molecule has 2 aliphatic rings. The van der Waals surface area contributed by atoms with Gasteiger partial charge in [-0.15, -0.1) is 11.3 Å². The third-order valence-corrected chi connectivity index (χ3v) is 8.06. The molecule has 6 rings (SSSR count). The second-order valence-electron chi connectivity index (χ2n) is 9.83. The Morgan fingerprint density at radius 1 is 1.00 bits per heavy atom. The number of hydrogen-bond donors (Lipinski definition) is 2. The van der Waals surface area contributed by atoms with Crippen molar-refractivity contribution in [2.45, 2.75) is 31.8 Å². The Balaban J connectivity index is 1.30. The number of phenolic OH excluding ortho intramolecular Hbond substituents is 1. The molecule has 39 heavy (non-hydrogen) atoms. The number of hydrogen-bond acceptors (Lipinski definition) is 6. The molecule has 1 atom stereocenters. The van der Waals surface area contributed by atoms with E-state index in [0.717, 1.165) is 41.9 Å². The lowest BCUT2D eigenvalue weighted by atomic mass is 10.00. The van der Waals surface area contributed by atoms with Crippen molar-refractivity contribution in [3.8, 4) is 16.9 Å². The molecule has 2 aliphatic heterocycles. The van der Waals surface area contributed by atoms with Crippen molar-refractivity contribution in [3.05, 3.63) is 94.7 Å². The molecule has 1 fully saturated rings. The van der Waals surface area contributed by atoms with Crippen LogP contribution in [0.2, 0.25) is 0 Å². The van der Waals surface area contributed by atoms with Gasteiger partial charge in [0.2, 0.25) is 0 Å². The number of aromatic nitrogens is 1. The van der Waals surface area contributed by atoms with Crippen molar-refractivity contribution in [3.63, 3.8) is 0 Å². The largest absolute Gasteiger partial charge is 0.508 e. The number of piperidine rings is 1. The molecule has 198 valence electrons. The third-order valence-electron chi connectivity index (χ3n) is 7.37. The fraction of sp³-hybridized carbons (Fsp3) is 0.233. The van der Waals surface area contributed by atoms with Gasteiger partial charge < -0.3 is 14.9 Å². The number of benzene rings is 3. The summed E-state index contributed by atoms with van der Waals surface area (Å²) in [5, 5.41) is 15.3. The highest BCUT2D eigenvalue weighted by Gasteiger charge is 2.39. The molecule has 0 unspecified atom stereocenters. The van der Waals surface area contributed by atoms with Gasteiger partial charge in [-0.1, -0.05) is 24.3 Å². The Kier molecular flexibility index (Phi) is 6.74. The number of fused-ring (bicyclic) bond motifs is 1. The first-order valence-corrected chi connectivity index (χ1v) is 13.8. The van der Waals surface area contributed by atoms with Gasteiger partial charge >= 0.3 is 0 Å². The summed E-state index contributed by atoms with van der Waals surface area (Å²) in [6.07, 6.45) is 5.25. The summed E-state index contributed by atoms with van der Waals surface area (Å²) in [7, 11) is 0. The van der Waals surface area contributed by atoms with E-state index >= 15 is 0 Å². The first-order chi connectivity index (χ1) is 19.0. The number of carbonyl (C=O) groups is 2. The molecule has 0 spiro atoms. The maximum absolute atomic E-state index is 14.2. The minimum Gasteiger partial charge on any atom is -0.508 e. The highest BCUT2D eigenvalue weighted by Crippen LogP contribution is 2.38. The number of halogens is 1. The van der Waals surface area contributed by atoms with Crippen molar-refractivity contribution in [2.24, 2.45) is 0 Å². The Morgan fingerprint density at radius 3 is 2.51 bits per heavy atom. The quantitative estimate of drug-likeness (QED) is 0.313. The summed E-state index contributed by atoms with van der Waals surface area (Å²) in [6.45, 7) is 2.29. The smallest absolute Gasteiger partial charge is 0.255 e. The average Bonchev–Trinajstić information content (AvgIpc) is 3.59. The molecule has 4 aromatic rings. The number of nitrogens with zero attached hydrogens (tertiary/aromatic N) is 3. The van der Waals surface area contributed by atoms with Crippen molar-refractivity contribution in [1.82, 2.24) is 9.88 Å². The van der Waals surface area contributed by atoms with Crippen LogP contribution in [0.25, 0.3) is 11.1 Å². The normalized spacial score (nSPS) is 15.8. The van der Waals surface area contributed by atoms with E-state index in [9.17, 15) is 19.1 Å². The molecule has 2 amide bonds. The topological polar surface area (TPSA) is 85.8 Å². The molecule has 0 radical (unpaired) electrons. The van der Waals surface area contributed by atoms with Gasteiger partial charge in [0.05, 0.1) is 0 Å². The van der Waals surface area contributed by atoms with Crippen LogP contribution in [0.3, 0.4) is 0 Å². The standard InChI is InChI=1S/C30H27FN4O3S/c31-22-8-11-26(36)25(17-22)27(28(37)33-30-32-12-15-39-30)35-18-21-5-4-20(16-24(21)29(35)38)19-6-9-23(10-7-19)34-13-2-1-3-14-34/h4-12,15-17,27,36H,1-3,13-14,18H2,(H,32,33,37)/t27-/m1/s1. The van der Waals surface area contributed by atoms with Gasteiger partial charge in [-0.3, -0.25) is 14.9 Å².